The van der Waals surface area contributed by atoms with E-state index in [0.717, 1.165) is 48.4 Å². The number of nitrogens with one attached hydrogen (secondary N) is 1. The van der Waals surface area contributed by atoms with Gasteiger partial charge in [-0.2, -0.15) is 4.98 Å². The zero-order valence-corrected chi connectivity index (χ0v) is 12.8. The SMILES string of the molecule is COc1cccc(OC)c1-c1nc(N)nc2c1CCCCN2. The minimum absolute atomic E-state index is 0.246. The van der Waals surface area contributed by atoms with Gasteiger partial charge in [-0.05, 0) is 31.4 Å². The first kappa shape index (κ1) is 14.4. The molecule has 6 heteroatoms. The summed E-state index contributed by atoms with van der Waals surface area (Å²) in [4.78, 5) is 8.83. The number of nitrogens with two attached hydrogens (primary N) is 1. The third-order valence-electron chi connectivity index (χ3n) is 3.84. The minimum Gasteiger partial charge on any atom is -0.496 e. The van der Waals surface area contributed by atoms with Gasteiger partial charge in [0.25, 0.3) is 0 Å². The Morgan fingerprint density at radius 1 is 1.09 bits per heavy atom. The van der Waals surface area contributed by atoms with Crippen molar-refractivity contribution in [3.05, 3.63) is 23.8 Å². The summed E-state index contributed by atoms with van der Waals surface area (Å²) in [5.74, 6) is 2.48. The Bertz CT molecular complexity index is 666. The van der Waals surface area contributed by atoms with Gasteiger partial charge in [0.15, 0.2) is 0 Å². The van der Waals surface area contributed by atoms with Crippen LogP contribution in [-0.4, -0.2) is 30.7 Å². The average Bonchev–Trinajstić information content (AvgIpc) is 2.78. The molecule has 2 aromatic rings. The molecule has 3 N–H and O–H groups in total. The largest absolute Gasteiger partial charge is 0.496 e. The molecule has 0 bridgehead atoms. The zero-order valence-electron chi connectivity index (χ0n) is 12.8. The van der Waals surface area contributed by atoms with Gasteiger partial charge < -0.3 is 20.5 Å². The average molecular weight is 300 g/mol. The van der Waals surface area contributed by atoms with Gasteiger partial charge in [-0.1, -0.05) is 6.07 Å². The number of aromatic nitrogens is 2. The van der Waals surface area contributed by atoms with Gasteiger partial charge in [0.2, 0.25) is 5.95 Å². The monoisotopic (exact) mass is 300 g/mol. The molecular formula is C16H20N4O2. The van der Waals surface area contributed by atoms with E-state index in [1.54, 1.807) is 14.2 Å². The summed E-state index contributed by atoms with van der Waals surface area (Å²) >= 11 is 0. The molecule has 3 rings (SSSR count). The van der Waals surface area contributed by atoms with Crippen molar-refractivity contribution >= 4 is 11.8 Å². The third kappa shape index (κ3) is 2.52. The molecule has 0 aliphatic carbocycles. The number of nitrogens with zero attached hydrogens (tertiary/aromatic N) is 2. The summed E-state index contributed by atoms with van der Waals surface area (Å²) in [5.41, 5.74) is 8.58. The third-order valence-corrected chi connectivity index (χ3v) is 3.84. The maximum atomic E-state index is 5.91. The minimum atomic E-state index is 0.246. The van der Waals surface area contributed by atoms with Crippen LogP contribution in [0.25, 0.3) is 11.3 Å². The molecule has 0 spiro atoms. The number of hydrogen-bond donors (Lipinski definition) is 2. The molecule has 0 amide bonds. The molecule has 0 saturated heterocycles. The van der Waals surface area contributed by atoms with Crippen LogP contribution >= 0.6 is 0 Å². The van der Waals surface area contributed by atoms with E-state index in [-0.39, 0.29) is 5.95 Å². The number of hydrogen-bond acceptors (Lipinski definition) is 6. The molecule has 1 aliphatic heterocycles. The summed E-state index contributed by atoms with van der Waals surface area (Å²) in [6.45, 7) is 0.895. The summed E-state index contributed by atoms with van der Waals surface area (Å²) in [5, 5.41) is 3.34. The van der Waals surface area contributed by atoms with Gasteiger partial charge >= 0.3 is 0 Å². The summed E-state index contributed by atoms with van der Waals surface area (Å²) in [7, 11) is 3.28. The molecule has 22 heavy (non-hydrogen) atoms. The Balaban J connectivity index is 2.26. The van der Waals surface area contributed by atoms with E-state index in [4.69, 9.17) is 15.2 Å². The second-order valence-corrected chi connectivity index (χ2v) is 5.18. The molecule has 0 saturated carbocycles. The highest BCUT2D eigenvalue weighted by molar-refractivity contribution is 5.80. The summed E-state index contributed by atoms with van der Waals surface area (Å²) in [6, 6.07) is 5.68. The fraction of sp³-hybridized carbons (Fsp3) is 0.375. The number of anilines is 2. The molecule has 0 atom stereocenters. The molecule has 1 aromatic heterocycles. The molecule has 0 unspecified atom stereocenters. The van der Waals surface area contributed by atoms with E-state index in [1.165, 1.54) is 0 Å². The van der Waals surface area contributed by atoms with Crippen molar-refractivity contribution in [2.75, 3.05) is 31.8 Å². The topological polar surface area (TPSA) is 82.3 Å². The lowest BCUT2D eigenvalue weighted by Gasteiger charge is -2.17. The predicted octanol–water partition coefficient (Wildman–Crippen LogP) is 2.49. The van der Waals surface area contributed by atoms with Crippen molar-refractivity contribution in [1.82, 2.24) is 9.97 Å². The van der Waals surface area contributed by atoms with Crippen molar-refractivity contribution in [3.8, 4) is 22.8 Å². The maximum absolute atomic E-state index is 5.91. The second kappa shape index (κ2) is 6.09. The number of nitrogen functional groups attached to an aromatic ring is 1. The smallest absolute Gasteiger partial charge is 0.222 e. The number of methoxy groups -OCH3 is 2. The van der Waals surface area contributed by atoms with Crippen molar-refractivity contribution < 1.29 is 9.47 Å². The highest BCUT2D eigenvalue weighted by Crippen LogP contribution is 2.41. The van der Waals surface area contributed by atoms with Gasteiger partial charge in [0.05, 0.1) is 25.5 Å². The van der Waals surface area contributed by atoms with Gasteiger partial charge in [-0.3, -0.25) is 0 Å². The lowest BCUT2D eigenvalue weighted by Crippen LogP contribution is -2.08. The quantitative estimate of drug-likeness (QED) is 0.906. The first-order valence-electron chi connectivity index (χ1n) is 7.36. The van der Waals surface area contributed by atoms with Gasteiger partial charge in [-0.25, -0.2) is 4.98 Å². The number of rotatable bonds is 3. The standard InChI is InChI=1S/C16H20N4O2/c1-21-11-7-5-8-12(22-2)13(11)14-10-6-3-4-9-18-15(10)20-16(17)19-14/h5,7-8H,3-4,6,9H2,1-2H3,(H3,17,18,19,20). The molecule has 116 valence electrons. The number of ether oxygens (including phenoxy) is 2. The van der Waals surface area contributed by atoms with Crippen LogP contribution in [-0.2, 0) is 6.42 Å². The van der Waals surface area contributed by atoms with Crippen LogP contribution in [0.4, 0.5) is 11.8 Å². The van der Waals surface area contributed by atoms with Gasteiger partial charge in [-0.15, -0.1) is 0 Å². The Kier molecular flexibility index (Phi) is 4.00. The summed E-state index contributed by atoms with van der Waals surface area (Å²) < 4.78 is 11.0. The Morgan fingerprint density at radius 2 is 1.82 bits per heavy atom. The van der Waals surface area contributed by atoms with Crippen LogP contribution in [0.5, 0.6) is 11.5 Å². The van der Waals surface area contributed by atoms with Gasteiger partial charge in [0, 0.05) is 12.1 Å². The Labute approximate surface area is 129 Å². The lowest BCUT2D eigenvalue weighted by molar-refractivity contribution is 0.397. The molecular weight excluding hydrogens is 280 g/mol. The Hall–Kier alpha value is -2.50. The molecule has 6 nitrogen and oxygen atoms in total. The molecule has 1 aromatic carbocycles. The van der Waals surface area contributed by atoms with E-state index in [0.29, 0.717) is 11.5 Å². The highest BCUT2D eigenvalue weighted by atomic mass is 16.5. The van der Waals surface area contributed by atoms with Crippen LogP contribution < -0.4 is 20.5 Å². The van der Waals surface area contributed by atoms with Crippen molar-refractivity contribution in [2.45, 2.75) is 19.3 Å². The normalized spacial score (nSPS) is 13.7. The van der Waals surface area contributed by atoms with Gasteiger partial charge in [0.1, 0.15) is 17.3 Å². The van der Waals surface area contributed by atoms with E-state index < -0.39 is 0 Å². The predicted molar refractivity (Wildman–Crippen MR) is 86.4 cm³/mol. The van der Waals surface area contributed by atoms with Crippen LogP contribution in [0.3, 0.4) is 0 Å². The second-order valence-electron chi connectivity index (χ2n) is 5.18. The first-order chi connectivity index (χ1) is 10.7. The molecule has 0 fully saturated rings. The van der Waals surface area contributed by atoms with Crippen molar-refractivity contribution in [2.24, 2.45) is 0 Å². The van der Waals surface area contributed by atoms with E-state index in [1.807, 2.05) is 18.2 Å². The summed E-state index contributed by atoms with van der Waals surface area (Å²) in [6.07, 6.45) is 3.08. The fourth-order valence-electron chi connectivity index (χ4n) is 2.81. The van der Waals surface area contributed by atoms with E-state index in [9.17, 15) is 0 Å². The van der Waals surface area contributed by atoms with Crippen LogP contribution in [0.2, 0.25) is 0 Å². The van der Waals surface area contributed by atoms with E-state index in [2.05, 4.69) is 15.3 Å². The molecule has 1 aliphatic rings. The zero-order chi connectivity index (χ0) is 15.5. The molecule has 2 heterocycles. The Morgan fingerprint density at radius 3 is 2.50 bits per heavy atom. The lowest BCUT2D eigenvalue weighted by atomic mass is 10.0. The van der Waals surface area contributed by atoms with Crippen molar-refractivity contribution in [3.63, 3.8) is 0 Å². The van der Waals surface area contributed by atoms with Crippen LogP contribution in [0, 0.1) is 0 Å². The first-order valence-corrected chi connectivity index (χ1v) is 7.36. The molecule has 0 radical (unpaired) electrons. The highest BCUT2D eigenvalue weighted by Gasteiger charge is 2.22. The van der Waals surface area contributed by atoms with Crippen LogP contribution in [0.15, 0.2) is 18.2 Å². The van der Waals surface area contributed by atoms with E-state index >= 15 is 0 Å². The maximum Gasteiger partial charge on any atom is 0.222 e. The fourth-order valence-corrected chi connectivity index (χ4v) is 2.81. The number of benzene rings is 1. The number of fused-ring (bicyclic) bond motifs is 1. The van der Waals surface area contributed by atoms with Crippen molar-refractivity contribution in [1.29, 1.82) is 0 Å². The van der Waals surface area contributed by atoms with Crippen LogP contribution in [0.1, 0.15) is 18.4 Å².